The Morgan fingerprint density at radius 1 is 1.19 bits per heavy atom. The number of methoxy groups -OCH3 is 1. The fraction of sp³-hybridized carbons (Fsp3) is 0.125. The Labute approximate surface area is 122 Å². The second-order valence-corrected chi connectivity index (χ2v) is 4.67. The molecule has 0 bridgehead atoms. The van der Waals surface area contributed by atoms with E-state index >= 15 is 0 Å². The van der Waals surface area contributed by atoms with Gasteiger partial charge in [0.1, 0.15) is 5.75 Å². The van der Waals surface area contributed by atoms with Gasteiger partial charge in [0.25, 0.3) is 0 Å². The standard InChI is InChI=1S/C16H16N4O/c1-21-15-10-18-8-6-13(15)16(20-17)12-4-5-14-11(9-12)3-2-7-19-14/h2-10,16,20H,17H2,1H3. The topological polar surface area (TPSA) is 73.1 Å². The van der Waals surface area contributed by atoms with Crippen LogP contribution >= 0.6 is 0 Å². The Morgan fingerprint density at radius 2 is 2.10 bits per heavy atom. The number of nitrogens with zero attached hydrogens (tertiary/aromatic N) is 2. The number of hydrogen-bond acceptors (Lipinski definition) is 5. The second-order valence-electron chi connectivity index (χ2n) is 4.67. The quantitative estimate of drug-likeness (QED) is 0.566. The summed E-state index contributed by atoms with van der Waals surface area (Å²) in [6, 6.07) is 11.8. The zero-order valence-corrected chi connectivity index (χ0v) is 11.7. The number of rotatable bonds is 4. The molecule has 0 aliphatic carbocycles. The van der Waals surface area contributed by atoms with Crippen molar-refractivity contribution in [3.8, 4) is 5.75 Å². The fourth-order valence-electron chi connectivity index (χ4n) is 2.44. The maximum atomic E-state index is 5.76. The number of fused-ring (bicyclic) bond motifs is 1. The van der Waals surface area contributed by atoms with Gasteiger partial charge in [0.05, 0.1) is 24.9 Å². The van der Waals surface area contributed by atoms with E-state index in [1.807, 2.05) is 30.3 Å². The summed E-state index contributed by atoms with van der Waals surface area (Å²) in [5.41, 5.74) is 5.79. The number of ether oxygens (including phenoxy) is 1. The maximum Gasteiger partial charge on any atom is 0.142 e. The lowest BCUT2D eigenvalue weighted by Crippen LogP contribution is -2.29. The smallest absolute Gasteiger partial charge is 0.142 e. The van der Waals surface area contributed by atoms with Crippen LogP contribution in [-0.4, -0.2) is 17.1 Å². The van der Waals surface area contributed by atoms with Crippen molar-refractivity contribution in [3.05, 3.63) is 66.1 Å². The minimum absolute atomic E-state index is 0.174. The van der Waals surface area contributed by atoms with Crippen LogP contribution in [0.25, 0.3) is 10.9 Å². The van der Waals surface area contributed by atoms with Crippen molar-refractivity contribution < 1.29 is 4.74 Å². The number of hydrogen-bond donors (Lipinski definition) is 2. The van der Waals surface area contributed by atoms with Crippen molar-refractivity contribution in [1.82, 2.24) is 15.4 Å². The third-order valence-electron chi connectivity index (χ3n) is 3.47. The molecule has 2 aromatic heterocycles. The summed E-state index contributed by atoms with van der Waals surface area (Å²) in [5.74, 6) is 6.46. The molecule has 0 saturated heterocycles. The first kappa shape index (κ1) is 13.5. The number of nitrogens with one attached hydrogen (secondary N) is 1. The van der Waals surface area contributed by atoms with Crippen LogP contribution < -0.4 is 16.0 Å². The maximum absolute atomic E-state index is 5.76. The lowest BCUT2D eigenvalue weighted by Gasteiger charge is -2.19. The number of hydrazine groups is 1. The molecule has 1 atom stereocenters. The minimum atomic E-state index is -0.174. The molecular weight excluding hydrogens is 264 g/mol. The van der Waals surface area contributed by atoms with Crippen LogP contribution in [0.15, 0.2) is 55.0 Å². The van der Waals surface area contributed by atoms with Crippen molar-refractivity contribution in [2.24, 2.45) is 5.84 Å². The molecule has 3 rings (SSSR count). The molecule has 2 heterocycles. The molecule has 0 radical (unpaired) electrons. The molecular formula is C16H16N4O. The van der Waals surface area contributed by atoms with E-state index in [-0.39, 0.29) is 6.04 Å². The first-order valence-corrected chi connectivity index (χ1v) is 6.62. The summed E-state index contributed by atoms with van der Waals surface area (Å²) >= 11 is 0. The predicted octanol–water partition coefficient (Wildman–Crippen LogP) is 2.19. The molecule has 0 aliphatic heterocycles. The van der Waals surface area contributed by atoms with E-state index in [0.29, 0.717) is 5.75 Å². The Kier molecular flexibility index (Phi) is 3.77. The summed E-state index contributed by atoms with van der Waals surface area (Å²) < 4.78 is 5.37. The lowest BCUT2D eigenvalue weighted by atomic mass is 9.98. The number of benzene rings is 1. The molecule has 0 amide bonds. The molecule has 5 nitrogen and oxygen atoms in total. The molecule has 5 heteroatoms. The lowest BCUT2D eigenvalue weighted by molar-refractivity contribution is 0.402. The van der Waals surface area contributed by atoms with Gasteiger partial charge in [-0.2, -0.15) is 0 Å². The van der Waals surface area contributed by atoms with Gasteiger partial charge in [-0.15, -0.1) is 0 Å². The molecule has 0 aliphatic rings. The van der Waals surface area contributed by atoms with Gasteiger partial charge >= 0.3 is 0 Å². The van der Waals surface area contributed by atoms with Gasteiger partial charge in [-0.3, -0.25) is 15.8 Å². The minimum Gasteiger partial charge on any atom is -0.495 e. The molecule has 1 unspecified atom stereocenters. The van der Waals surface area contributed by atoms with E-state index in [2.05, 4.69) is 21.5 Å². The Balaban J connectivity index is 2.09. The van der Waals surface area contributed by atoms with E-state index in [9.17, 15) is 0 Å². The van der Waals surface area contributed by atoms with E-state index in [4.69, 9.17) is 10.6 Å². The van der Waals surface area contributed by atoms with Crippen molar-refractivity contribution in [3.63, 3.8) is 0 Å². The Morgan fingerprint density at radius 3 is 2.90 bits per heavy atom. The van der Waals surface area contributed by atoms with Crippen LogP contribution in [0, 0.1) is 0 Å². The summed E-state index contributed by atoms with van der Waals surface area (Å²) in [6.45, 7) is 0. The van der Waals surface area contributed by atoms with E-state index < -0.39 is 0 Å². The van der Waals surface area contributed by atoms with Gasteiger partial charge in [-0.05, 0) is 29.8 Å². The highest BCUT2D eigenvalue weighted by atomic mass is 16.5. The first-order valence-electron chi connectivity index (χ1n) is 6.62. The van der Waals surface area contributed by atoms with Crippen LogP contribution in [0.5, 0.6) is 5.75 Å². The van der Waals surface area contributed by atoms with Gasteiger partial charge in [-0.25, -0.2) is 5.43 Å². The third kappa shape index (κ3) is 2.56. The summed E-state index contributed by atoms with van der Waals surface area (Å²) in [4.78, 5) is 8.40. The SMILES string of the molecule is COc1cnccc1C(NN)c1ccc2ncccc2c1. The highest BCUT2D eigenvalue weighted by Crippen LogP contribution is 2.29. The normalized spacial score (nSPS) is 12.3. The first-order chi connectivity index (χ1) is 10.3. The average molecular weight is 280 g/mol. The van der Waals surface area contributed by atoms with Crippen molar-refractivity contribution in [2.45, 2.75) is 6.04 Å². The molecule has 0 saturated carbocycles. The van der Waals surface area contributed by atoms with E-state index in [1.54, 1.807) is 25.7 Å². The summed E-state index contributed by atoms with van der Waals surface area (Å²) in [5, 5.41) is 1.07. The van der Waals surface area contributed by atoms with E-state index in [0.717, 1.165) is 22.0 Å². The average Bonchev–Trinajstić information content (AvgIpc) is 2.56. The van der Waals surface area contributed by atoms with Gasteiger partial charge < -0.3 is 4.74 Å². The number of nitrogens with two attached hydrogens (primary N) is 1. The molecule has 1 aromatic carbocycles. The van der Waals surface area contributed by atoms with Crippen molar-refractivity contribution >= 4 is 10.9 Å². The van der Waals surface area contributed by atoms with Crippen molar-refractivity contribution in [2.75, 3.05) is 7.11 Å². The fourth-order valence-corrected chi connectivity index (χ4v) is 2.44. The highest BCUT2D eigenvalue weighted by Gasteiger charge is 2.17. The molecule has 3 aromatic rings. The van der Waals surface area contributed by atoms with Crippen LogP contribution in [-0.2, 0) is 0 Å². The van der Waals surface area contributed by atoms with Crippen LogP contribution in [0.2, 0.25) is 0 Å². The molecule has 0 spiro atoms. The van der Waals surface area contributed by atoms with Gasteiger partial charge in [0, 0.05) is 23.3 Å². The van der Waals surface area contributed by atoms with Gasteiger partial charge in [0.2, 0.25) is 0 Å². The largest absolute Gasteiger partial charge is 0.495 e. The van der Waals surface area contributed by atoms with Crippen LogP contribution in [0.3, 0.4) is 0 Å². The van der Waals surface area contributed by atoms with Crippen molar-refractivity contribution in [1.29, 1.82) is 0 Å². The van der Waals surface area contributed by atoms with E-state index in [1.165, 1.54) is 0 Å². The Bertz CT molecular complexity index is 760. The number of pyridine rings is 2. The number of aromatic nitrogens is 2. The predicted molar refractivity (Wildman–Crippen MR) is 81.7 cm³/mol. The van der Waals surface area contributed by atoms with Crippen LogP contribution in [0.4, 0.5) is 0 Å². The highest BCUT2D eigenvalue weighted by molar-refractivity contribution is 5.79. The Hall–Kier alpha value is -2.50. The zero-order valence-electron chi connectivity index (χ0n) is 11.7. The van der Waals surface area contributed by atoms with Crippen LogP contribution in [0.1, 0.15) is 17.2 Å². The summed E-state index contributed by atoms with van der Waals surface area (Å²) in [6.07, 6.45) is 5.19. The van der Waals surface area contributed by atoms with Gasteiger partial charge in [-0.1, -0.05) is 12.1 Å². The summed E-state index contributed by atoms with van der Waals surface area (Å²) in [7, 11) is 1.62. The molecule has 3 N–H and O–H groups in total. The molecule has 0 fully saturated rings. The zero-order chi connectivity index (χ0) is 14.7. The molecule has 21 heavy (non-hydrogen) atoms. The third-order valence-corrected chi connectivity index (χ3v) is 3.47. The second kappa shape index (κ2) is 5.87. The van der Waals surface area contributed by atoms with Gasteiger partial charge in [0.15, 0.2) is 0 Å². The monoisotopic (exact) mass is 280 g/mol. The molecule has 106 valence electrons.